The number of benzene rings is 1. The lowest BCUT2D eigenvalue weighted by Crippen LogP contribution is -2.51. The van der Waals surface area contributed by atoms with Crippen LogP contribution in [-0.2, 0) is 10.3 Å². The summed E-state index contributed by atoms with van der Waals surface area (Å²) < 4.78 is 8.51. The van der Waals surface area contributed by atoms with Gasteiger partial charge in [0.2, 0.25) is 0 Å². The molecule has 0 spiro atoms. The number of hydrogen-bond donors (Lipinski definition) is 0. The van der Waals surface area contributed by atoms with Crippen molar-refractivity contribution in [3.05, 3.63) is 59.9 Å². The van der Waals surface area contributed by atoms with Crippen LogP contribution in [-0.4, -0.2) is 34.6 Å². The first-order chi connectivity index (χ1) is 12.6. The second kappa shape index (κ2) is 7.16. The van der Waals surface area contributed by atoms with Gasteiger partial charge >= 0.3 is 0 Å². The van der Waals surface area contributed by atoms with Crippen LogP contribution >= 0.6 is 0 Å². The topological polar surface area (TPSA) is 34.5 Å². The Morgan fingerprint density at radius 1 is 1.00 bits per heavy atom. The average Bonchev–Trinajstić information content (AvgIpc) is 3.11. The molecule has 0 aliphatic carbocycles. The highest BCUT2D eigenvalue weighted by Gasteiger charge is 2.37. The number of amides is 1. The summed E-state index contributed by atoms with van der Waals surface area (Å²) >= 11 is 0. The molecule has 1 aliphatic rings. The van der Waals surface area contributed by atoms with E-state index in [1.54, 1.807) is 0 Å². The van der Waals surface area contributed by atoms with Crippen LogP contribution in [0.1, 0.15) is 63.6 Å². The fraction of sp³-hybridized carbons (Fsp3) is 0.522. The normalized spacial score (nSPS) is 21.3. The molecule has 4 heteroatoms. The van der Waals surface area contributed by atoms with Crippen LogP contribution in [0, 0.1) is 5.41 Å². The standard InChI is InChI=1S/C23H32N2O2/c1-22(2,3)20-16-24(15-19(27-20)17-10-8-7-9-11-17)21(26)18-12-13-25(14-18)23(4,5)6/h7-14,19-20H,15-16H2,1-6H3/t19-,20+/m0/s1. The molecule has 0 radical (unpaired) electrons. The number of morpholine rings is 1. The Morgan fingerprint density at radius 3 is 2.22 bits per heavy atom. The quantitative estimate of drug-likeness (QED) is 0.758. The highest BCUT2D eigenvalue weighted by atomic mass is 16.5. The third kappa shape index (κ3) is 4.44. The molecule has 0 bridgehead atoms. The highest BCUT2D eigenvalue weighted by molar-refractivity contribution is 5.94. The smallest absolute Gasteiger partial charge is 0.255 e. The van der Waals surface area contributed by atoms with Gasteiger partial charge in [-0.2, -0.15) is 0 Å². The van der Waals surface area contributed by atoms with Gasteiger partial charge in [0.05, 0.1) is 18.2 Å². The Kier molecular flexibility index (Phi) is 5.22. The van der Waals surface area contributed by atoms with Gasteiger partial charge < -0.3 is 14.2 Å². The van der Waals surface area contributed by atoms with Gasteiger partial charge in [-0.1, -0.05) is 51.1 Å². The number of nitrogens with zero attached hydrogens (tertiary/aromatic N) is 2. The molecule has 2 atom stereocenters. The van der Waals surface area contributed by atoms with Crippen LogP contribution in [0.3, 0.4) is 0 Å². The maximum absolute atomic E-state index is 13.2. The fourth-order valence-electron chi connectivity index (χ4n) is 3.38. The van der Waals surface area contributed by atoms with E-state index < -0.39 is 0 Å². The van der Waals surface area contributed by atoms with E-state index in [0.29, 0.717) is 13.1 Å². The van der Waals surface area contributed by atoms with Crippen LogP contribution in [0.25, 0.3) is 0 Å². The van der Waals surface area contributed by atoms with Gasteiger partial charge in [-0.25, -0.2) is 0 Å². The number of ether oxygens (including phenoxy) is 1. The van der Waals surface area contributed by atoms with Crippen molar-refractivity contribution in [3.63, 3.8) is 0 Å². The molecule has 1 saturated heterocycles. The molecule has 2 heterocycles. The van der Waals surface area contributed by atoms with Crippen LogP contribution < -0.4 is 0 Å². The molecule has 1 aromatic carbocycles. The molecule has 1 amide bonds. The summed E-state index contributed by atoms with van der Waals surface area (Å²) in [5, 5.41) is 0. The lowest BCUT2D eigenvalue weighted by atomic mass is 9.87. The zero-order chi connectivity index (χ0) is 19.8. The van der Waals surface area contributed by atoms with Crippen molar-refractivity contribution in [2.24, 2.45) is 5.41 Å². The number of aromatic nitrogens is 1. The van der Waals surface area contributed by atoms with Gasteiger partial charge in [0, 0.05) is 24.5 Å². The Morgan fingerprint density at radius 2 is 1.67 bits per heavy atom. The molecule has 0 saturated carbocycles. The minimum atomic E-state index is -0.0992. The first-order valence-corrected chi connectivity index (χ1v) is 9.74. The first-order valence-electron chi connectivity index (χ1n) is 9.74. The van der Waals surface area contributed by atoms with Gasteiger partial charge in [-0.05, 0) is 37.8 Å². The van der Waals surface area contributed by atoms with Gasteiger partial charge in [-0.15, -0.1) is 0 Å². The Balaban J connectivity index is 1.86. The van der Waals surface area contributed by atoms with E-state index >= 15 is 0 Å². The van der Waals surface area contributed by atoms with Crippen LogP contribution in [0.15, 0.2) is 48.8 Å². The zero-order valence-electron chi connectivity index (χ0n) is 17.4. The molecule has 1 aliphatic heterocycles. The summed E-state index contributed by atoms with van der Waals surface area (Å²) in [7, 11) is 0. The van der Waals surface area contributed by atoms with Crippen molar-refractivity contribution in [2.75, 3.05) is 13.1 Å². The predicted octanol–water partition coefficient (Wildman–Crippen LogP) is 4.87. The van der Waals surface area contributed by atoms with E-state index in [9.17, 15) is 4.79 Å². The Labute approximate surface area is 163 Å². The maximum atomic E-state index is 13.2. The summed E-state index contributed by atoms with van der Waals surface area (Å²) in [5.74, 6) is 0.0801. The summed E-state index contributed by atoms with van der Waals surface area (Å²) in [6.45, 7) is 14.1. The van der Waals surface area contributed by atoms with Gasteiger partial charge in [-0.3, -0.25) is 4.79 Å². The van der Waals surface area contributed by atoms with Crippen molar-refractivity contribution in [2.45, 2.75) is 59.3 Å². The minimum absolute atomic E-state index is 0.00916. The SMILES string of the molecule is CC(C)(C)[C@H]1CN(C(=O)c2ccn(C(C)(C)C)c2)C[C@@H](c2ccccc2)O1. The highest BCUT2D eigenvalue weighted by Crippen LogP contribution is 2.34. The molecule has 1 aromatic heterocycles. The largest absolute Gasteiger partial charge is 0.366 e. The van der Waals surface area contributed by atoms with Crippen molar-refractivity contribution >= 4 is 5.91 Å². The molecule has 0 unspecified atom stereocenters. The summed E-state index contributed by atoms with van der Waals surface area (Å²) in [5.41, 5.74) is 1.79. The molecule has 3 rings (SSSR count). The van der Waals surface area contributed by atoms with E-state index in [2.05, 4.69) is 58.2 Å². The molecule has 4 nitrogen and oxygen atoms in total. The minimum Gasteiger partial charge on any atom is -0.366 e. The molecule has 0 N–H and O–H groups in total. The molecule has 27 heavy (non-hydrogen) atoms. The van der Waals surface area contributed by atoms with Crippen LogP contribution in [0.5, 0.6) is 0 Å². The zero-order valence-corrected chi connectivity index (χ0v) is 17.4. The van der Waals surface area contributed by atoms with E-state index in [-0.39, 0.29) is 29.1 Å². The predicted molar refractivity (Wildman–Crippen MR) is 109 cm³/mol. The number of hydrogen-bond acceptors (Lipinski definition) is 2. The van der Waals surface area contributed by atoms with Crippen LogP contribution in [0.2, 0.25) is 0 Å². The molecule has 146 valence electrons. The summed E-state index contributed by atoms with van der Waals surface area (Å²) in [6.07, 6.45) is 3.84. The molecular weight excluding hydrogens is 336 g/mol. The summed E-state index contributed by atoms with van der Waals surface area (Å²) in [4.78, 5) is 15.2. The Hall–Kier alpha value is -2.07. The molecular formula is C23H32N2O2. The average molecular weight is 369 g/mol. The number of carbonyl (C=O) groups excluding carboxylic acids is 1. The fourth-order valence-corrected chi connectivity index (χ4v) is 3.38. The lowest BCUT2D eigenvalue weighted by Gasteiger charge is -2.43. The Bertz CT molecular complexity index is 781. The third-order valence-corrected chi connectivity index (χ3v) is 5.24. The second-order valence-electron chi connectivity index (χ2n) is 9.58. The van der Waals surface area contributed by atoms with Crippen molar-refractivity contribution in [3.8, 4) is 0 Å². The van der Waals surface area contributed by atoms with Crippen molar-refractivity contribution in [1.82, 2.24) is 9.47 Å². The van der Waals surface area contributed by atoms with Crippen molar-refractivity contribution in [1.29, 1.82) is 0 Å². The van der Waals surface area contributed by atoms with E-state index in [4.69, 9.17) is 4.74 Å². The maximum Gasteiger partial charge on any atom is 0.255 e. The molecule has 2 aromatic rings. The first kappa shape index (κ1) is 19.7. The van der Waals surface area contributed by atoms with Gasteiger partial charge in [0.25, 0.3) is 5.91 Å². The number of rotatable bonds is 2. The second-order valence-corrected chi connectivity index (χ2v) is 9.58. The number of carbonyl (C=O) groups is 1. The van der Waals surface area contributed by atoms with Gasteiger partial charge in [0.15, 0.2) is 0 Å². The van der Waals surface area contributed by atoms with Crippen molar-refractivity contribution < 1.29 is 9.53 Å². The lowest BCUT2D eigenvalue weighted by molar-refractivity contribution is -0.119. The van der Waals surface area contributed by atoms with E-state index in [0.717, 1.165) is 11.1 Å². The third-order valence-electron chi connectivity index (χ3n) is 5.24. The van der Waals surface area contributed by atoms with E-state index in [1.807, 2.05) is 41.6 Å². The molecule has 1 fully saturated rings. The monoisotopic (exact) mass is 368 g/mol. The van der Waals surface area contributed by atoms with Crippen LogP contribution in [0.4, 0.5) is 0 Å². The van der Waals surface area contributed by atoms with Gasteiger partial charge in [0.1, 0.15) is 6.10 Å². The van der Waals surface area contributed by atoms with E-state index in [1.165, 1.54) is 0 Å². The summed E-state index contributed by atoms with van der Waals surface area (Å²) in [6, 6.07) is 12.1.